The number of carboxylic acids is 1. The van der Waals surface area contributed by atoms with E-state index in [4.69, 9.17) is 28.3 Å². The van der Waals surface area contributed by atoms with Crippen molar-refractivity contribution in [3.63, 3.8) is 0 Å². The molecule has 0 aliphatic heterocycles. The van der Waals surface area contributed by atoms with E-state index in [1.807, 2.05) is 6.07 Å². The van der Waals surface area contributed by atoms with Crippen molar-refractivity contribution >= 4 is 40.5 Å². The number of aromatic carboxylic acids is 1. The fourth-order valence-electron chi connectivity index (χ4n) is 1.55. The Morgan fingerprint density at radius 2 is 2.11 bits per heavy atom. The molecule has 1 N–H and O–H groups in total. The number of carbonyl (C=O) groups is 1. The standard InChI is InChI=1S/C12H9Cl2NO2S/c1-6-11(12(16)17)15-10(18-6)5-7-2-3-8(13)9(14)4-7/h2-4H,5H2,1H3,(H,16,17). The number of nitrogens with zero attached hydrogens (tertiary/aromatic N) is 1. The van der Waals surface area contributed by atoms with Gasteiger partial charge in [-0.05, 0) is 24.6 Å². The van der Waals surface area contributed by atoms with Crippen molar-refractivity contribution in [3.05, 3.63) is 49.4 Å². The predicted molar refractivity (Wildman–Crippen MR) is 73.1 cm³/mol. The quantitative estimate of drug-likeness (QED) is 0.930. The molecule has 0 fully saturated rings. The topological polar surface area (TPSA) is 50.2 Å². The van der Waals surface area contributed by atoms with Crippen LogP contribution in [0.4, 0.5) is 0 Å². The molecule has 2 rings (SSSR count). The number of aryl methyl sites for hydroxylation is 1. The summed E-state index contributed by atoms with van der Waals surface area (Å²) in [6.45, 7) is 1.75. The lowest BCUT2D eigenvalue weighted by molar-refractivity contribution is 0.0690. The average molecular weight is 302 g/mol. The van der Waals surface area contributed by atoms with Gasteiger partial charge in [-0.25, -0.2) is 9.78 Å². The third-order valence-electron chi connectivity index (χ3n) is 2.38. The van der Waals surface area contributed by atoms with Crippen LogP contribution in [0, 0.1) is 6.92 Å². The Kier molecular flexibility index (Phi) is 3.90. The second-order valence-corrected chi connectivity index (χ2v) is 5.84. The van der Waals surface area contributed by atoms with Gasteiger partial charge in [-0.15, -0.1) is 11.3 Å². The highest BCUT2D eigenvalue weighted by molar-refractivity contribution is 7.11. The van der Waals surface area contributed by atoms with Gasteiger partial charge in [0.05, 0.1) is 15.1 Å². The first kappa shape index (κ1) is 13.3. The van der Waals surface area contributed by atoms with Crippen molar-refractivity contribution in [2.45, 2.75) is 13.3 Å². The maximum Gasteiger partial charge on any atom is 0.355 e. The van der Waals surface area contributed by atoms with Crippen LogP contribution < -0.4 is 0 Å². The molecule has 3 nitrogen and oxygen atoms in total. The molecule has 0 saturated heterocycles. The summed E-state index contributed by atoms with van der Waals surface area (Å²) in [6, 6.07) is 5.34. The number of halogens is 2. The molecule has 0 aliphatic carbocycles. The lowest BCUT2D eigenvalue weighted by Crippen LogP contribution is -1.99. The van der Waals surface area contributed by atoms with Crippen molar-refractivity contribution in [3.8, 4) is 0 Å². The Morgan fingerprint density at radius 3 is 2.67 bits per heavy atom. The van der Waals surface area contributed by atoms with E-state index in [0.29, 0.717) is 21.3 Å². The smallest absolute Gasteiger partial charge is 0.355 e. The van der Waals surface area contributed by atoms with E-state index in [2.05, 4.69) is 4.98 Å². The highest BCUT2D eigenvalue weighted by Gasteiger charge is 2.14. The zero-order valence-corrected chi connectivity index (χ0v) is 11.7. The summed E-state index contributed by atoms with van der Waals surface area (Å²) in [5, 5.41) is 10.7. The predicted octanol–water partition coefficient (Wildman–Crippen LogP) is 4.05. The van der Waals surface area contributed by atoms with Crippen molar-refractivity contribution in [2.24, 2.45) is 0 Å². The number of carboxylic acid groups (broad SMARTS) is 1. The van der Waals surface area contributed by atoms with E-state index < -0.39 is 5.97 Å². The van der Waals surface area contributed by atoms with Crippen LogP contribution in [0.3, 0.4) is 0 Å². The van der Waals surface area contributed by atoms with Gasteiger partial charge in [0, 0.05) is 11.3 Å². The number of hydrogen-bond donors (Lipinski definition) is 1. The Hall–Kier alpha value is -1.10. The van der Waals surface area contributed by atoms with Gasteiger partial charge in [0.1, 0.15) is 0 Å². The molecule has 0 radical (unpaired) electrons. The SMILES string of the molecule is Cc1sc(Cc2ccc(Cl)c(Cl)c2)nc1C(=O)O. The molecule has 18 heavy (non-hydrogen) atoms. The minimum Gasteiger partial charge on any atom is -0.476 e. The molecule has 0 atom stereocenters. The van der Waals surface area contributed by atoms with Crippen LogP contribution in [-0.4, -0.2) is 16.1 Å². The second-order valence-electron chi connectivity index (χ2n) is 3.74. The largest absolute Gasteiger partial charge is 0.476 e. The first-order valence-corrected chi connectivity index (χ1v) is 6.68. The minimum atomic E-state index is -0.996. The molecule has 0 saturated carbocycles. The van der Waals surface area contributed by atoms with E-state index >= 15 is 0 Å². The van der Waals surface area contributed by atoms with Crippen molar-refractivity contribution < 1.29 is 9.90 Å². The molecule has 94 valence electrons. The Balaban J connectivity index is 2.26. The van der Waals surface area contributed by atoms with E-state index in [0.717, 1.165) is 10.6 Å². The Labute approximate surface area is 118 Å². The van der Waals surface area contributed by atoms with Gasteiger partial charge >= 0.3 is 5.97 Å². The van der Waals surface area contributed by atoms with Crippen LogP contribution in [0.2, 0.25) is 10.0 Å². The molecule has 2 aromatic rings. The van der Waals surface area contributed by atoms with Crippen molar-refractivity contribution in [2.75, 3.05) is 0 Å². The molecular weight excluding hydrogens is 293 g/mol. The molecule has 0 aliphatic rings. The summed E-state index contributed by atoms with van der Waals surface area (Å²) >= 11 is 13.1. The van der Waals surface area contributed by atoms with Crippen molar-refractivity contribution in [1.29, 1.82) is 0 Å². The van der Waals surface area contributed by atoms with Crippen LogP contribution >= 0.6 is 34.5 Å². The third-order valence-corrected chi connectivity index (χ3v) is 4.09. The summed E-state index contributed by atoms with van der Waals surface area (Å²) < 4.78 is 0. The zero-order valence-electron chi connectivity index (χ0n) is 9.41. The number of thiazole rings is 1. The Bertz CT molecular complexity index is 610. The lowest BCUT2D eigenvalue weighted by atomic mass is 10.2. The molecule has 0 unspecified atom stereocenters. The first-order valence-electron chi connectivity index (χ1n) is 5.11. The fraction of sp³-hybridized carbons (Fsp3) is 0.167. The first-order chi connectivity index (χ1) is 8.47. The molecule has 0 amide bonds. The monoisotopic (exact) mass is 301 g/mol. The van der Waals surface area contributed by atoms with E-state index in [-0.39, 0.29) is 5.69 Å². The molecule has 0 bridgehead atoms. The maximum absolute atomic E-state index is 10.9. The number of hydrogen-bond acceptors (Lipinski definition) is 3. The third kappa shape index (κ3) is 2.83. The highest BCUT2D eigenvalue weighted by Crippen LogP contribution is 2.25. The summed E-state index contributed by atoms with van der Waals surface area (Å²) in [7, 11) is 0. The van der Waals surface area contributed by atoms with Gasteiger partial charge < -0.3 is 5.11 Å². The zero-order chi connectivity index (χ0) is 13.3. The van der Waals surface area contributed by atoms with E-state index in [1.54, 1.807) is 19.1 Å². The average Bonchev–Trinajstić information content (AvgIpc) is 2.65. The number of benzene rings is 1. The van der Waals surface area contributed by atoms with Gasteiger partial charge in [-0.3, -0.25) is 0 Å². The Morgan fingerprint density at radius 1 is 1.39 bits per heavy atom. The van der Waals surface area contributed by atoms with Crippen LogP contribution in [0.5, 0.6) is 0 Å². The maximum atomic E-state index is 10.9. The minimum absolute atomic E-state index is 0.120. The fourth-order valence-corrected chi connectivity index (χ4v) is 2.83. The summed E-state index contributed by atoms with van der Waals surface area (Å²) in [5.41, 5.74) is 1.07. The summed E-state index contributed by atoms with van der Waals surface area (Å²) in [6.07, 6.45) is 0.551. The van der Waals surface area contributed by atoms with Crippen molar-refractivity contribution in [1.82, 2.24) is 4.98 Å². The normalized spacial score (nSPS) is 10.6. The van der Waals surface area contributed by atoms with Gasteiger partial charge in [-0.2, -0.15) is 0 Å². The highest BCUT2D eigenvalue weighted by atomic mass is 35.5. The van der Waals surface area contributed by atoms with Gasteiger partial charge in [0.2, 0.25) is 0 Å². The van der Waals surface area contributed by atoms with E-state index in [9.17, 15) is 4.79 Å². The summed E-state index contributed by atoms with van der Waals surface area (Å²) in [4.78, 5) is 15.7. The van der Waals surface area contributed by atoms with E-state index in [1.165, 1.54) is 11.3 Å². The van der Waals surface area contributed by atoms with Crippen LogP contribution in [0.25, 0.3) is 0 Å². The lowest BCUT2D eigenvalue weighted by Gasteiger charge is -2.00. The number of rotatable bonds is 3. The molecule has 6 heteroatoms. The van der Waals surface area contributed by atoms with Gasteiger partial charge in [0.15, 0.2) is 5.69 Å². The second kappa shape index (κ2) is 5.26. The molecule has 1 aromatic heterocycles. The molecule has 1 heterocycles. The number of aromatic nitrogens is 1. The van der Waals surface area contributed by atoms with Gasteiger partial charge in [0.25, 0.3) is 0 Å². The molecule has 1 aromatic carbocycles. The van der Waals surface area contributed by atoms with Crippen LogP contribution in [-0.2, 0) is 6.42 Å². The molecule has 0 spiro atoms. The van der Waals surface area contributed by atoms with Crippen LogP contribution in [0.1, 0.15) is 25.9 Å². The summed E-state index contributed by atoms with van der Waals surface area (Å²) in [5.74, 6) is -0.996. The molecular formula is C12H9Cl2NO2S. The van der Waals surface area contributed by atoms with Gasteiger partial charge in [-0.1, -0.05) is 29.3 Å². The van der Waals surface area contributed by atoms with Crippen LogP contribution in [0.15, 0.2) is 18.2 Å².